The molecule has 3 rings (SSSR count). The maximum atomic E-state index is 12.5. The van der Waals surface area contributed by atoms with Crippen LogP contribution in [-0.4, -0.2) is 19.0 Å². The van der Waals surface area contributed by atoms with E-state index in [1.54, 1.807) is 25.3 Å². The number of methoxy groups -OCH3 is 1. The molecule has 1 aliphatic carbocycles. The third-order valence-electron chi connectivity index (χ3n) is 4.06. The van der Waals surface area contributed by atoms with Gasteiger partial charge in [-0.2, -0.15) is 0 Å². The smallest absolute Gasteiger partial charge is 0.193 e. The minimum Gasteiger partial charge on any atom is -0.493 e. The van der Waals surface area contributed by atoms with Crippen LogP contribution in [0, 0.1) is 0 Å². The summed E-state index contributed by atoms with van der Waals surface area (Å²) in [6.07, 6.45) is 4.78. The Morgan fingerprint density at radius 1 is 0.955 bits per heavy atom. The van der Waals surface area contributed by atoms with Crippen LogP contribution in [-0.2, 0) is 0 Å². The van der Waals surface area contributed by atoms with Crippen molar-refractivity contribution in [1.29, 1.82) is 0 Å². The number of ketones is 1. The Hall–Kier alpha value is -2.29. The van der Waals surface area contributed by atoms with Crippen LogP contribution in [0.4, 0.5) is 0 Å². The van der Waals surface area contributed by atoms with Crippen LogP contribution in [0.2, 0.25) is 0 Å². The lowest BCUT2D eigenvalue weighted by Gasteiger charge is -2.16. The summed E-state index contributed by atoms with van der Waals surface area (Å²) in [5.74, 6) is 1.34. The van der Waals surface area contributed by atoms with Gasteiger partial charge < -0.3 is 9.47 Å². The van der Waals surface area contributed by atoms with E-state index < -0.39 is 0 Å². The molecule has 1 fully saturated rings. The van der Waals surface area contributed by atoms with Gasteiger partial charge in [-0.3, -0.25) is 4.79 Å². The van der Waals surface area contributed by atoms with Crippen LogP contribution in [0.5, 0.6) is 11.5 Å². The molecule has 3 heteroatoms. The van der Waals surface area contributed by atoms with Gasteiger partial charge in [-0.25, -0.2) is 0 Å². The van der Waals surface area contributed by atoms with Crippen LogP contribution in [0.25, 0.3) is 0 Å². The Morgan fingerprint density at radius 3 is 2.36 bits per heavy atom. The predicted octanol–water partition coefficient (Wildman–Crippen LogP) is 4.25. The van der Waals surface area contributed by atoms with Gasteiger partial charge in [-0.15, -0.1) is 0 Å². The fourth-order valence-electron chi connectivity index (χ4n) is 2.85. The second-order valence-corrected chi connectivity index (χ2v) is 5.59. The first-order valence-corrected chi connectivity index (χ1v) is 7.72. The van der Waals surface area contributed by atoms with Crippen LogP contribution < -0.4 is 9.47 Å². The molecule has 0 heterocycles. The van der Waals surface area contributed by atoms with Crippen molar-refractivity contribution in [2.75, 3.05) is 7.11 Å². The molecule has 114 valence electrons. The summed E-state index contributed by atoms with van der Waals surface area (Å²) in [7, 11) is 1.62. The number of hydrogen-bond donors (Lipinski definition) is 0. The van der Waals surface area contributed by atoms with Gasteiger partial charge in [0.1, 0.15) is 0 Å². The minimum atomic E-state index is -0.000440. The van der Waals surface area contributed by atoms with E-state index in [-0.39, 0.29) is 11.9 Å². The van der Waals surface area contributed by atoms with Crippen molar-refractivity contribution < 1.29 is 14.3 Å². The van der Waals surface area contributed by atoms with E-state index in [1.807, 2.05) is 30.3 Å². The van der Waals surface area contributed by atoms with E-state index in [9.17, 15) is 4.79 Å². The second kappa shape index (κ2) is 6.65. The largest absolute Gasteiger partial charge is 0.493 e. The van der Waals surface area contributed by atoms with Crippen LogP contribution in [0.15, 0.2) is 48.5 Å². The highest BCUT2D eigenvalue weighted by Gasteiger charge is 2.19. The van der Waals surface area contributed by atoms with Gasteiger partial charge in [0.15, 0.2) is 17.3 Å². The maximum absolute atomic E-state index is 12.5. The Kier molecular flexibility index (Phi) is 4.42. The highest BCUT2D eigenvalue weighted by molar-refractivity contribution is 6.09. The second-order valence-electron chi connectivity index (χ2n) is 5.59. The molecular weight excluding hydrogens is 276 g/mol. The molecule has 0 amide bonds. The van der Waals surface area contributed by atoms with Crippen molar-refractivity contribution in [3.63, 3.8) is 0 Å². The molecule has 0 saturated heterocycles. The highest BCUT2D eigenvalue weighted by Crippen LogP contribution is 2.33. The standard InChI is InChI=1S/C19H20O3/c1-21-17-12-11-15(19(20)14-7-3-2-4-8-14)13-18(17)22-16-9-5-6-10-16/h2-4,7-8,11-13,16H,5-6,9-10H2,1H3. The third-order valence-corrected chi connectivity index (χ3v) is 4.06. The molecule has 0 aliphatic heterocycles. The van der Waals surface area contributed by atoms with Crippen molar-refractivity contribution in [2.45, 2.75) is 31.8 Å². The van der Waals surface area contributed by atoms with Crippen LogP contribution in [0.3, 0.4) is 0 Å². The molecule has 0 radical (unpaired) electrons. The minimum absolute atomic E-state index is 0.000440. The van der Waals surface area contributed by atoms with Gasteiger partial charge >= 0.3 is 0 Å². The van der Waals surface area contributed by atoms with Crippen molar-refractivity contribution >= 4 is 5.78 Å². The summed E-state index contributed by atoms with van der Waals surface area (Å²) < 4.78 is 11.4. The molecule has 2 aromatic carbocycles. The fraction of sp³-hybridized carbons (Fsp3) is 0.316. The van der Waals surface area contributed by atoms with Gasteiger partial charge in [-0.05, 0) is 43.9 Å². The summed E-state index contributed by atoms with van der Waals surface area (Å²) in [4.78, 5) is 12.5. The van der Waals surface area contributed by atoms with Gasteiger partial charge in [0.2, 0.25) is 0 Å². The number of carbonyl (C=O) groups excluding carboxylic acids is 1. The third kappa shape index (κ3) is 3.14. The van der Waals surface area contributed by atoms with E-state index in [1.165, 1.54) is 12.8 Å². The van der Waals surface area contributed by atoms with Gasteiger partial charge in [-0.1, -0.05) is 30.3 Å². The topological polar surface area (TPSA) is 35.5 Å². The quantitative estimate of drug-likeness (QED) is 0.774. The molecule has 0 atom stereocenters. The van der Waals surface area contributed by atoms with Crippen molar-refractivity contribution in [1.82, 2.24) is 0 Å². The molecule has 1 saturated carbocycles. The van der Waals surface area contributed by atoms with Crippen molar-refractivity contribution in [2.24, 2.45) is 0 Å². The summed E-state index contributed by atoms with van der Waals surface area (Å²) >= 11 is 0. The average molecular weight is 296 g/mol. The lowest BCUT2D eigenvalue weighted by atomic mass is 10.0. The summed E-state index contributed by atoms with van der Waals surface area (Å²) in [5, 5.41) is 0. The SMILES string of the molecule is COc1ccc(C(=O)c2ccccc2)cc1OC1CCCC1. The first-order chi connectivity index (χ1) is 10.8. The van der Waals surface area contributed by atoms with E-state index in [0.29, 0.717) is 22.6 Å². The first-order valence-electron chi connectivity index (χ1n) is 7.72. The molecule has 0 aromatic heterocycles. The molecule has 3 nitrogen and oxygen atoms in total. The van der Waals surface area contributed by atoms with Crippen molar-refractivity contribution in [3.05, 3.63) is 59.7 Å². The lowest BCUT2D eigenvalue weighted by Crippen LogP contribution is -2.12. The van der Waals surface area contributed by atoms with Gasteiger partial charge in [0.05, 0.1) is 13.2 Å². The van der Waals surface area contributed by atoms with Crippen LogP contribution in [0.1, 0.15) is 41.6 Å². The molecular formula is C19H20O3. The normalized spacial score (nSPS) is 14.8. The van der Waals surface area contributed by atoms with Gasteiger partial charge in [0.25, 0.3) is 0 Å². The fourth-order valence-corrected chi connectivity index (χ4v) is 2.85. The zero-order valence-electron chi connectivity index (χ0n) is 12.7. The first kappa shape index (κ1) is 14.6. The number of ether oxygens (including phenoxy) is 2. The Morgan fingerprint density at radius 2 is 1.68 bits per heavy atom. The van der Waals surface area contributed by atoms with E-state index in [2.05, 4.69) is 0 Å². The average Bonchev–Trinajstić information content (AvgIpc) is 3.08. The van der Waals surface area contributed by atoms with E-state index in [4.69, 9.17) is 9.47 Å². The number of carbonyl (C=O) groups is 1. The summed E-state index contributed by atoms with van der Waals surface area (Å²) in [6, 6.07) is 14.7. The highest BCUT2D eigenvalue weighted by atomic mass is 16.5. The molecule has 2 aromatic rings. The molecule has 0 N–H and O–H groups in total. The molecule has 22 heavy (non-hydrogen) atoms. The van der Waals surface area contributed by atoms with Crippen LogP contribution >= 0.6 is 0 Å². The molecule has 0 unspecified atom stereocenters. The van der Waals surface area contributed by atoms with Crippen molar-refractivity contribution in [3.8, 4) is 11.5 Å². The zero-order valence-corrected chi connectivity index (χ0v) is 12.7. The predicted molar refractivity (Wildman–Crippen MR) is 85.8 cm³/mol. The summed E-state index contributed by atoms with van der Waals surface area (Å²) in [5.41, 5.74) is 1.31. The lowest BCUT2D eigenvalue weighted by molar-refractivity contribution is 0.103. The Balaban J connectivity index is 1.87. The number of hydrogen-bond acceptors (Lipinski definition) is 3. The Bertz CT molecular complexity index is 643. The molecule has 0 bridgehead atoms. The van der Waals surface area contributed by atoms with Gasteiger partial charge in [0, 0.05) is 11.1 Å². The molecule has 1 aliphatic rings. The zero-order chi connectivity index (χ0) is 15.4. The summed E-state index contributed by atoms with van der Waals surface area (Å²) in [6.45, 7) is 0. The maximum Gasteiger partial charge on any atom is 0.193 e. The number of benzene rings is 2. The number of rotatable bonds is 5. The molecule has 0 spiro atoms. The van der Waals surface area contributed by atoms with E-state index in [0.717, 1.165) is 12.8 Å². The Labute approximate surface area is 130 Å². The monoisotopic (exact) mass is 296 g/mol. The van der Waals surface area contributed by atoms with E-state index >= 15 is 0 Å².